The molecule has 116 valence electrons. The Bertz CT molecular complexity index is 471. The van der Waals surface area contributed by atoms with E-state index in [0.29, 0.717) is 18.6 Å². The van der Waals surface area contributed by atoms with Crippen molar-refractivity contribution in [2.45, 2.75) is 44.6 Å². The van der Waals surface area contributed by atoms with Gasteiger partial charge >= 0.3 is 5.97 Å². The summed E-state index contributed by atoms with van der Waals surface area (Å²) in [7, 11) is 0. The first-order valence-electron chi connectivity index (χ1n) is 7.10. The van der Waals surface area contributed by atoms with E-state index in [-0.39, 0.29) is 11.8 Å². The first kappa shape index (κ1) is 17.6. The van der Waals surface area contributed by atoms with Crippen LogP contribution in [0.15, 0.2) is 29.2 Å². The van der Waals surface area contributed by atoms with E-state index in [1.165, 1.54) is 5.56 Å². The second kappa shape index (κ2) is 8.72. The number of hydrogen-bond acceptors (Lipinski definition) is 3. The largest absolute Gasteiger partial charge is 0.480 e. The van der Waals surface area contributed by atoms with Crippen LogP contribution in [0.25, 0.3) is 0 Å². The van der Waals surface area contributed by atoms with Crippen LogP contribution < -0.4 is 5.32 Å². The molecule has 0 aromatic heterocycles. The summed E-state index contributed by atoms with van der Waals surface area (Å²) in [6.07, 6.45) is 0.770. The third-order valence-corrected chi connectivity index (χ3v) is 3.97. The molecule has 0 bridgehead atoms. The number of rotatable bonds is 8. The second-order valence-electron chi connectivity index (χ2n) is 5.50. The number of nitrogens with one attached hydrogen (secondary N) is 1. The number of benzene rings is 1. The molecule has 4 nitrogen and oxygen atoms in total. The standard InChI is InChI=1S/C16H23NO3S/c1-11(2)10-14(16(19)20)17-15(18)8-9-21-13-6-4-12(3)5-7-13/h4-7,11,14H,8-10H2,1-3H3,(H,17,18)(H,19,20). The van der Waals surface area contributed by atoms with Gasteiger partial charge in [0.15, 0.2) is 0 Å². The van der Waals surface area contributed by atoms with Gasteiger partial charge in [0.05, 0.1) is 0 Å². The molecule has 1 atom stereocenters. The minimum absolute atomic E-state index is 0.206. The number of aryl methyl sites for hydroxylation is 1. The molecule has 0 saturated carbocycles. The quantitative estimate of drug-likeness (QED) is 0.724. The normalized spacial score (nSPS) is 12.2. The zero-order valence-electron chi connectivity index (χ0n) is 12.8. The Hall–Kier alpha value is -1.49. The number of aliphatic carboxylic acids is 1. The Labute approximate surface area is 130 Å². The molecule has 1 aromatic rings. The lowest BCUT2D eigenvalue weighted by molar-refractivity contribution is -0.142. The topological polar surface area (TPSA) is 66.4 Å². The highest BCUT2D eigenvalue weighted by Gasteiger charge is 2.20. The van der Waals surface area contributed by atoms with Gasteiger partial charge in [-0.25, -0.2) is 4.79 Å². The van der Waals surface area contributed by atoms with Gasteiger partial charge in [-0.1, -0.05) is 31.5 Å². The number of carbonyl (C=O) groups excluding carboxylic acids is 1. The number of carbonyl (C=O) groups is 2. The van der Waals surface area contributed by atoms with E-state index < -0.39 is 12.0 Å². The first-order valence-corrected chi connectivity index (χ1v) is 8.08. The zero-order chi connectivity index (χ0) is 15.8. The van der Waals surface area contributed by atoms with Crippen molar-refractivity contribution in [3.63, 3.8) is 0 Å². The summed E-state index contributed by atoms with van der Waals surface area (Å²) in [6, 6.07) is 7.33. The smallest absolute Gasteiger partial charge is 0.326 e. The maximum Gasteiger partial charge on any atom is 0.326 e. The summed E-state index contributed by atoms with van der Waals surface area (Å²) in [5, 5.41) is 11.7. The average molecular weight is 309 g/mol. The van der Waals surface area contributed by atoms with Gasteiger partial charge in [0, 0.05) is 17.1 Å². The van der Waals surface area contributed by atoms with Crippen molar-refractivity contribution < 1.29 is 14.7 Å². The van der Waals surface area contributed by atoms with Crippen molar-refractivity contribution in [2.24, 2.45) is 5.92 Å². The van der Waals surface area contributed by atoms with Crippen molar-refractivity contribution in [2.75, 3.05) is 5.75 Å². The van der Waals surface area contributed by atoms with Crippen LogP contribution in [-0.2, 0) is 9.59 Å². The molecule has 0 spiro atoms. The van der Waals surface area contributed by atoms with E-state index in [4.69, 9.17) is 5.11 Å². The summed E-state index contributed by atoms with van der Waals surface area (Å²) in [5.74, 6) is -0.303. The Morgan fingerprint density at radius 1 is 1.24 bits per heavy atom. The molecule has 1 rings (SSSR count). The van der Waals surface area contributed by atoms with Crippen LogP contribution in [0.2, 0.25) is 0 Å². The molecule has 0 aliphatic carbocycles. The molecular weight excluding hydrogens is 286 g/mol. The van der Waals surface area contributed by atoms with E-state index in [1.54, 1.807) is 11.8 Å². The van der Waals surface area contributed by atoms with Crippen LogP contribution in [0, 0.1) is 12.8 Å². The molecule has 0 aliphatic rings. The summed E-state index contributed by atoms with van der Waals surface area (Å²) in [6.45, 7) is 5.91. The molecule has 21 heavy (non-hydrogen) atoms. The van der Waals surface area contributed by atoms with Gasteiger partial charge in [0.25, 0.3) is 0 Å². The number of carboxylic acid groups (broad SMARTS) is 1. The fourth-order valence-electron chi connectivity index (χ4n) is 1.86. The lowest BCUT2D eigenvalue weighted by Crippen LogP contribution is -2.41. The van der Waals surface area contributed by atoms with Crippen LogP contribution in [0.3, 0.4) is 0 Å². The van der Waals surface area contributed by atoms with Crippen molar-refractivity contribution in [3.05, 3.63) is 29.8 Å². The van der Waals surface area contributed by atoms with Gasteiger partial charge < -0.3 is 10.4 Å². The third-order valence-electron chi connectivity index (χ3n) is 2.96. The van der Waals surface area contributed by atoms with Crippen LogP contribution >= 0.6 is 11.8 Å². The highest BCUT2D eigenvalue weighted by Crippen LogP contribution is 2.19. The summed E-state index contributed by atoms with van der Waals surface area (Å²) in [4.78, 5) is 24.0. The number of thioether (sulfide) groups is 1. The van der Waals surface area contributed by atoms with E-state index in [1.807, 2.05) is 45.0 Å². The maximum atomic E-state index is 11.8. The van der Waals surface area contributed by atoms with Crippen LogP contribution in [0.4, 0.5) is 0 Å². The second-order valence-corrected chi connectivity index (χ2v) is 6.67. The van der Waals surface area contributed by atoms with Crippen LogP contribution in [-0.4, -0.2) is 28.8 Å². The van der Waals surface area contributed by atoms with Crippen molar-refractivity contribution in [3.8, 4) is 0 Å². The van der Waals surface area contributed by atoms with Gasteiger partial charge in [-0.15, -0.1) is 11.8 Å². The summed E-state index contributed by atoms with van der Waals surface area (Å²) in [5.41, 5.74) is 1.20. The fourth-order valence-corrected chi connectivity index (χ4v) is 2.71. The lowest BCUT2D eigenvalue weighted by atomic mass is 10.0. The maximum absolute atomic E-state index is 11.8. The highest BCUT2D eigenvalue weighted by atomic mass is 32.2. The SMILES string of the molecule is Cc1ccc(SCCC(=O)NC(CC(C)C)C(=O)O)cc1. The van der Waals surface area contributed by atoms with Gasteiger partial charge in [-0.2, -0.15) is 0 Å². The van der Waals surface area contributed by atoms with Gasteiger partial charge in [-0.3, -0.25) is 4.79 Å². The van der Waals surface area contributed by atoms with Crippen LogP contribution in [0.1, 0.15) is 32.3 Å². The van der Waals surface area contributed by atoms with E-state index in [9.17, 15) is 9.59 Å². The van der Waals surface area contributed by atoms with Gasteiger partial charge in [0.1, 0.15) is 6.04 Å². The van der Waals surface area contributed by atoms with Gasteiger partial charge in [0.2, 0.25) is 5.91 Å². The average Bonchev–Trinajstić information content (AvgIpc) is 2.39. The predicted molar refractivity (Wildman–Crippen MR) is 85.5 cm³/mol. The molecule has 0 saturated heterocycles. The van der Waals surface area contributed by atoms with Crippen molar-refractivity contribution >= 4 is 23.6 Å². The molecule has 2 N–H and O–H groups in total. The minimum Gasteiger partial charge on any atom is -0.480 e. The Morgan fingerprint density at radius 2 is 1.86 bits per heavy atom. The fraction of sp³-hybridized carbons (Fsp3) is 0.500. The van der Waals surface area contributed by atoms with Crippen LogP contribution in [0.5, 0.6) is 0 Å². The number of amides is 1. The molecular formula is C16H23NO3S. The Kier molecular flexibility index (Phi) is 7.29. The van der Waals surface area contributed by atoms with Crippen molar-refractivity contribution in [1.29, 1.82) is 0 Å². The molecule has 0 aliphatic heterocycles. The Balaban J connectivity index is 2.35. The molecule has 5 heteroatoms. The molecule has 0 fully saturated rings. The first-order chi connectivity index (χ1) is 9.88. The molecule has 1 aromatic carbocycles. The van der Waals surface area contributed by atoms with Gasteiger partial charge in [-0.05, 0) is 31.4 Å². The van der Waals surface area contributed by atoms with E-state index in [0.717, 1.165) is 4.90 Å². The highest BCUT2D eigenvalue weighted by molar-refractivity contribution is 7.99. The number of hydrogen-bond donors (Lipinski definition) is 2. The van der Waals surface area contributed by atoms with E-state index >= 15 is 0 Å². The molecule has 1 unspecified atom stereocenters. The third kappa shape index (κ3) is 7.18. The zero-order valence-corrected chi connectivity index (χ0v) is 13.6. The minimum atomic E-state index is -0.969. The predicted octanol–water partition coefficient (Wildman–Crippen LogP) is 3.09. The molecule has 0 heterocycles. The Morgan fingerprint density at radius 3 is 2.38 bits per heavy atom. The molecule has 1 amide bonds. The van der Waals surface area contributed by atoms with E-state index in [2.05, 4.69) is 5.32 Å². The monoisotopic (exact) mass is 309 g/mol. The van der Waals surface area contributed by atoms with Crippen molar-refractivity contribution in [1.82, 2.24) is 5.32 Å². The summed E-state index contributed by atoms with van der Waals surface area (Å²) < 4.78 is 0. The summed E-state index contributed by atoms with van der Waals surface area (Å²) >= 11 is 1.60. The molecule has 0 radical (unpaired) electrons. The lowest BCUT2D eigenvalue weighted by Gasteiger charge is -2.16. The number of carboxylic acids is 1.